The van der Waals surface area contributed by atoms with Crippen LogP contribution in [0.5, 0.6) is 0 Å². The standard InChI is InChI=1S/C14H29NO/c1-5-6-7-10-16-13-11-14(2,3)9-8-12(13)15-4/h12-13,15H,5-11H2,1-4H3. The van der Waals surface area contributed by atoms with Crippen LogP contribution in [0.4, 0.5) is 0 Å². The van der Waals surface area contributed by atoms with Crippen molar-refractivity contribution in [3.05, 3.63) is 0 Å². The quantitative estimate of drug-likeness (QED) is 0.703. The van der Waals surface area contributed by atoms with Gasteiger partial charge < -0.3 is 10.1 Å². The second kappa shape index (κ2) is 6.61. The molecule has 1 rings (SSSR count). The third-order valence-electron chi connectivity index (χ3n) is 3.79. The highest BCUT2D eigenvalue weighted by atomic mass is 16.5. The molecular weight excluding hydrogens is 198 g/mol. The Labute approximate surface area is 101 Å². The molecule has 0 aliphatic heterocycles. The van der Waals surface area contributed by atoms with Gasteiger partial charge in [-0.25, -0.2) is 0 Å². The Balaban J connectivity index is 2.34. The van der Waals surface area contributed by atoms with Crippen molar-refractivity contribution in [3.63, 3.8) is 0 Å². The SMILES string of the molecule is CCCCCOC1CC(C)(C)CCC1NC. The van der Waals surface area contributed by atoms with Gasteiger partial charge in [-0.1, -0.05) is 33.6 Å². The third kappa shape index (κ3) is 4.42. The van der Waals surface area contributed by atoms with Crippen molar-refractivity contribution in [2.45, 2.75) is 71.4 Å². The number of rotatable bonds is 6. The van der Waals surface area contributed by atoms with Crippen LogP contribution in [0.15, 0.2) is 0 Å². The first kappa shape index (κ1) is 14.0. The summed E-state index contributed by atoms with van der Waals surface area (Å²) < 4.78 is 6.06. The molecule has 0 aromatic heterocycles. The van der Waals surface area contributed by atoms with Crippen LogP contribution in [0.2, 0.25) is 0 Å². The molecule has 1 aliphatic rings. The Morgan fingerprint density at radius 2 is 2.06 bits per heavy atom. The average Bonchev–Trinajstić information content (AvgIpc) is 2.24. The zero-order valence-corrected chi connectivity index (χ0v) is 11.5. The van der Waals surface area contributed by atoms with Gasteiger partial charge in [0.05, 0.1) is 6.10 Å². The minimum Gasteiger partial charge on any atom is -0.377 e. The minimum absolute atomic E-state index is 0.422. The second-order valence-electron chi connectivity index (χ2n) is 5.92. The van der Waals surface area contributed by atoms with Gasteiger partial charge in [-0.05, 0) is 38.1 Å². The molecule has 96 valence electrons. The van der Waals surface area contributed by atoms with E-state index in [1.807, 2.05) is 0 Å². The molecule has 0 radical (unpaired) electrons. The Morgan fingerprint density at radius 3 is 2.69 bits per heavy atom. The van der Waals surface area contributed by atoms with Gasteiger partial charge in [-0.15, -0.1) is 0 Å². The smallest absolute Gasteiger partial charge is 0.0733 e. The summed E-state index contributed by atoms with van der Waals surface area (Å²) in [7, 11) is 2.06. The van der Waals surface area contributed by atoms with Gasteiger partial charge in [-0.3, -0.25) is 0 Å². The largest absolute Gasteiger partial charge is 0.377 e. The maximum Gasteiger partial charge on any atom is 0.0733 e. The van der Waals surface area contributed by atoms with Crippen molar-refractivity contribution in [1.82, 2.24) is 5.32 Å². The maximum absolute atomic E-state index is 6.06. The first-order valence-corrected chi connectivity index (χ1v) is 6.88. The Kier molecular flexibility index (Phi) is 5.77. The van der Waals surface area contributed by atoms with Crippen molar-refractivity contribution in [1.29, 1.82) is 0 Å². The molecule has 1 fully saturated rings. The van der Waals surface area contributed by atoms with E-state index in [-0.39, 0.29) is 0 Å². The van der Waals surface area contributed by atoms with Gasteiger partial charge in [-0.2, -0.15) is 0 Å². The molecule has 2 nitrogen and oxygen atoms in total. The molecule has 2 atom stereocenters. The molecule has 0 aromatic carbocycles. The van der Waals surface area contributed by atoms with E-state index in [9.17, 15) is 0 Å². The average molecular weight is 227 g/mol. The number of likely N-dealkylation sites (N-methyl/N-ethyl adjacent to an activating group) is 1. The van der Waals surface area contributed by atoms with Gasteiger partial charge in [0, 0.05) is 12.6 Å². The van der Waals surface area contributed by atoms with Crippen LogP contribution in [-0.4, -0.2) is 25.8 Å². The van der Waals surface area contributed by atoms with Crippen molar-refractivity contribution in [2.75, 3.05) is 13.7 Å². The van der Waals surface area contributed by atoms with E-state index in [0.717, 1.165) is 6.61 Å². The highest BCUT2D eigenvalue weighted by Gasteiger charge is 2.34. The molecule has 0 aromatic rings. The lowest BCUT2D eigenvalue weighted by Gasteiger charge is -2.40. The molecular formula is C14H29NO. The van der Waals surface area contributed by atoms with E-state index in [0.29, 0.717) is 17.6 Å². The molecule has 0 spiro atoms. The first-order chi connectivity index (χ1) is 7.59. The maximum atomic E-state index is 6.06. The van der Waals surface area contributed by atoms with Crippen molar-refractivity contribution < 1.29 is 4.74 Å². The van der Waals surface area contributed by atoms with E-state index in [2.05, 4.69) is 33.1 Å². The lowest BCUT2D eigenvalue weighted by atomic mass is 9.74. The number of ether oxygens (including phenoxy) is 1. The fraction of sp³-hybridized carbons (Fsp3) is 1.00. The third-order valence-corrected chi connectivity index (χ3v) is 3.79. The Hall–Kier alpha value is -0.0800. The minimum atomic E-state index is 0.422. The lowest BCUT2D eigenvalue weighted by molar-refractivity contribution is -0.0276. The molecule has 0 saturated heterocycles. The molecule has 0 heterocycles. The zero-order chi connectivity index (χ0) is 12.0. The van der Waals surface area contributed by atoms with E-state index >= 15 is 0 Å². The van der Waals surface area contributed by atoms with E-state index in [4.69, 9.17) is 4.74 Å². The van der Waals surface area contributed by atoms with Crippen molar-refractivity contribution in [3.8, 4) is 0 Å². The van der Waals surface area contributed by atoms with Gasteiger partial charge in [0.2, 0.25) is 0 Å². The van der Waals surface area contributed by atoms with Gasteiger partial charge in [0.15, 0.2) is 0 Å². The van der Waals surface area contributed by atoms with Crippen LogP contribution < -0.4 is 5.32 Å². The number of hydrogen-bond donors (Lipinski definition) is 1. The van der Waals surface area contributed by atoms with Crippen molar-refractivity contribution in [2.24, 2.45) is 5.41 Å². The summed E-state index contributed by atoms with van der Waals surface area (Å²) in [5.41, 5.74) is 0.461. The zero-order valence-electron chi connectivity index (χ0n) is 11.5. The summed E-state index contributed by atoms with van der Waals surface area (Å²) in [6.07, 6.45) is 7.96. The molecule has 2 heteroatoms. The normalized spacial score (nSPS) is 29.2. The molecule has 0 amide bonds. The fourth-order valence-electron chi connectivity index (χ4n) is 2.61. The number of unbranched alkanes of at least 4 members (excludes halogenated alkanes) is 2. The predicted molar refractivity (Wildman–Crippen MR) is 69.7 cm³/mol. The number of nitrogens with one attached hydrogen (secondary N) is 1. The van der Waals surface area contributed by atoms with Gasteiger partial charge in [0.25, 0.3) is 0 Å². The van der Waals surface area contributed by atoms with Crippen LogP contribution in [-0.2, 0) is 4.74 Å². The van der Waals surface area contributed by atoms with Crippen molar-refractivity contribution >= 4 is 0 Å². The molecule has 0 bridgehead atoms. The van der Waals surface area contributed by atoms with E-state index in [1.165, 1.54) is 38.5 Å². The Bertz CT molecular complexity index is 191. The topological polar surface area (TPSA) is 21.3 Å². The van der Waals surface area contributed by atoms with Crippen LogP contribution in [0, 0.1) is 5.41 Å². The molecule has 1 aliphatic carbocycles. The van der Waals surface area contributed by atoms with E-state index in [1.54, 1.807) is 0 Å². The monoisotopic (exact) mass is 227 g/mol. The van der Waals surface area contributed by atoms with Gasteiger partial charge in [0.1, 0.15) is 0 Å². The summed E-state index contributed by atoms with van der Waals surface area (Å²) in [5, 5.41) is 3.41. The highest BCUT2D eigenvalue weighted by Crippen LogP contribution is 2.36. The molecule has 16 heavy (non-hydrogen) atoms. The molecule has 1 saturated carbocycles. The van der Waals surface area contributed by atoms with Crippen LogP contribution in [0.25, 0.3) is 0 Å². The first-order valence-electron chi connectivity index (χ1n) is 6.88. The Morgan fingerprint density at radius 1 is 1.31 bits per heavy atom. The van der Waals surface area contributed by atoms with Crippen LogP contribution in [0.1, 0.15) is 59.3 Å². The second-order valence-corrected chi connectivity index (χ2v) is 5.92. The highest BCUT2D eigenvalue weighted by molar-refractivity contribution is 4.89. The van der Waals surface area contributed by atoms with Gasteiger partial charge >= 0.3 is 0 Å². The summed E-state index contributed by atoms with van der Waals surface area (Å²) in [4.78, 5) is 0. The summed E-state index contributed by atoms with van der Waals surface area (Å²) >= 11 is 0. The lowest BCUT2D eigenvalue weighted by Crippen LogP contribution is -2.46. The van der Waals surface area contributed by atoms with E-state index < -0.39 is 0 Å². The fourth-order valence-corrected chi connectivity index (χ4v) is 2.61. The summed E-state index contributed by atoms with van der Waals surface area (Å²) in [6.45, 7) is 7.90. The van der Waals surface area contributed by atoms with Crippen LogP contribution >= 0.6 is 0 Å². The summed E-state index contributed by atoms with van der Waals surface area (Å²) in [6, 6.07) is 0.564. The van der Waals surface area contributed by atoms with Crippen LogP contribution in [0.3, 0.4) is 0 Å². The summed E-state index contributed by atoms with van der Waals surface area (Å²) in [5.74, 6) is 0. The predicted octanol–water partition coefficient (Wildman–Crippen LogP) is 3.36. The molecule has 2 unspecified atom stereocenters. The number of hydrogen-bond acceptors (Lipinski definition) is 2. The molecule has 1 N–H and O–H groups in total.